The van der Waals surface area contributed by atoms with Crippen LogP contribution >= 0.6 is 11.6 Å². The van der Waals surface area contributed by atoms with Crippen LogP contribution in [0.15, 0.2) is 48.5 Å². The number of anilines is 1. The summed E-state index contributed by atoms with van der Waals surface area (Å²) in [4.78, 5) is 16.9. The summed E-state index contributed by atoms with van der Waals surface area (Å²) in [5.41, 5.74) is 4.13. The van der Waals surface area contributed by atoms with Crippen molar-refractivity contribution in [1.82, 2.24) is 4.98 Å². The Morgan fingerprint density at radius 1 is 1.05 bits per heavy atom. The van der Waals surface area contributed by atoms with E-state index in [1.54, 1.807) is 6.07 Å². The molecule has 22 heavy (non-hydrogen) atoms. The minimum absolute atomic E-state index is 0.182. The van der Waals surface area contributed by atoms with Gasteiger partial charge in [-0.3, -0.25) is 4.79 Å². The molecule has 0 aliphatic heterocycles. The number of nitrogens with one attached hydrogen (secondary N) is 1. The number of aryl methyl sites for hydroxylation is 2. The molecule has 0 aliphatic carbocycles. The summed E-state index contributed by atoms with van der Waals surface area (Å²) in [5.74, 6) is -0.182. The van der Waals surface area contributed by atoms with Gasteiger partial charge in [-0.25, -0.2) is 4.98 Å². The second-order valence-corrected chi connectivity index (χ2v) is 5.62. The van der Waals surface area contributed by atoms with Gasteiger partial charge in [-0.15, -0.1) is 0 Å². The number of halogens is 1. The van der Waals surface area contributed by atoms with Gasteiger partial charge in [-0.2, -0.15) is 0 Å². The molecule has 0 atom stereocenters. The number of rotatable bonds is 2. The molecule has 1 aromatic heterocycles. The Balaban J connectivity index is 2.06. The van der Waals surface area contributed by atoms with E-state index in [-0.39, 0.29) is 5.91 Å². The second kappa shape index (κ2) is 5.78. The van der Waals surface area contributed by atoms with Crippen LogP contribution in [0.4, 0.5) is 5.69 Å². The highest BCUT2D eigenvalue weighted by Gasteiger charge is 2.14. The number of carbonyl (C=O) groups is 1. The van der Waals surface area contributed by atoms with Gasteiger partial charge >= 0.3 is 0 Å². The van der Waals surface area contributed by atoms with E-state index in [0.717, 1.165) is 22.2 Å². The Morgan fingerprint density at radius 2 is 1.73 bits per heavy atom. The second-order valence-electron chi connectivity index (χ2n) is 5.23. The van der Waals surface area contributed by atoms with Crippen LogP contribution in [0.25, 0.3) is 10.9 Å². The standard InChI is InChI=1S/C18H15ClN2O/c1-11-6-5-7-12(2)17(11)21-18(22)14-10-16(19)20-15-9-4-3-8-13(14)15/h3-10H,1-2H3,(H,21,22). The minimum Gasteiger partial charge on any atom is -0.321 e. The zero-order valence-corrected chi connectivity index (χ0v) is 13.1. The number of amides is 1. The van der Waals surface area contributed by atoms with Crippen molar-refractivity contribution in [3.05, 3.63) is 70.4 Å². The molecule has 0 saturated heterocycles. The van der Waals surface area contributed by atoms with Gasteiger partial charge in [0.25, 0.3) is 5.91 Å². The molecule has 2 aromatic carbocycles. The maximum absolute atomic E-state index is 12.7. The Morgan fingerprint density at radius 3 is 2.45 bits per heavy atom. The number of pyridine rings is 1. The third-order valence-electron chi connectivity index (χ3n) is 3.65. The number of fused-ring (bicyclic) bond motifs is 1. The van der Waals surface area contributed by atoms with Gasteiger partial charge in [0.2, 0.25) is 0 Å². The third kappa shape index (κ3) is 2.68. The minimum atomic E-state index is -0.182. The van der Waals surface area contributed by atoms with Crippen LogP contribution < -0.4 is 5.32 Å². The molecule has 1 amide bonds. The van der Waals surface area contributed by atoms with Gasteiger partial charge in [0.05, 0.1) is 11.1 Å². The smallest absolute Gasteiger partial charge is 0.256 e. The van der Waals surface area contributed by atoms with Gasteiger partial charge in [0, 0.05) is 11.1 Å². The number of benzene rings is 2. The summed E-state index contributed by atoms with van der Waals surface area (Å²) < 4.78 is 0. The Labute approximate surface area is 133 Å². The summed E-state index contributed by atoms with van der Waals surface area (Å²) in [6.07, 6.45) is 0. The van der Waals surface area contributed by atoms with Crippen LogP contribution in [0.1, 0.15) is 21.5 Å². The molecule has 0 fully saturated rings. The van der Waals surface area contributed by atoms with E-state index in [4.69, 9.17) is 11.6 Å². The van der Waals surface area contributed by atoms with E-state index in [1.165, 1.54) is 0 Å². The molecule has 3 rings (SSSR count). The number of nitrogens with zero attached hydrogens (tertiary/aromatic N) is 1. The van der Waals surface area contributed by atoms with Crippen molar-refractivity contribution in [2.45, 2.75) is 13.8 Å². The largest absolute Gasteiger partial charge is 0.321 e. The molecule has 3 nitrogen and oxygen atoms in total. The Hall–Kier alpha value is -2.39. The van der Waals surface area contributed by atoms with Gasteiger partial charge in [-0.05, 0) is 37.1 Å². The van der Waals surface area contributed by atoms with Crippen LogP contribution in [-0.2, 0) is 0 Å². The number of hydrogen-bond acceptors (Lipinski definition) is 2. The molecule has 110 valence electrons. The van der Waals surface area contributed by atoms with E-state index in [0.29, 0.717) is 16.2 Å². The predicted octanol–water partition coefficient (Wildman–Crippen LogP) is 4.76. The monoisotopic (exact) mass is 310 g/mol. The van der Waals surface area contributed by atoms with E-state index < -0.39 is 0 Å². The lowest BCUT2D eigenvalue weighted by Gasteiger charge is -2.12. The summed E-state index contributed by atoms with van der Waals surface area (Å²) in [6.45, 7) is 3.94. The Kier molecular flexibility index (Phi) is 3.82. The fraction of sp³-hybridized carbons (Fsp3) is 0.111. The zero-order valence-electron chi connectivity index (χ0n) is 12.4. The molecule has 1 heterocycles. The van der Waals surface area contributed by atoms with Crippen molar-refractivity contribution in [2.24, 2.45) is 0 Å². The van der Waals surface area contributed by atoms with Crippen molar-refractivity contribution in [3.63, 3.8) is 0 Å². The van der Waals surface area contributed by atoms with Crippen molar-refractivity contribution >= 4 is 34.1 Å². The summed E-state index contributed by atoms with van der Waals surface area (Å²) in [7, 11) is 0. The first-order valence-electron chi connectivity index (χ1n) is 6.99. The molecule has 0 radical (unpaired) electrons. The van der Waals surface area contributed by atoms with Crippen LogP contribution in [0.2, 0.25) is 5.15 Å². The highest BCUT2D eigenvalue weighted by Crippen LogP contribution is 2.24. The Bertz CT molecular complexity index is 854. The first-order valence-corrected chi connectivity index (χ1v) is 7.37. The van der Waals surface area contributed by atoms with Gasteiger partial charge < -0.3 is 5.32 Å². The molecule has 0 saturated carbocycles. The van der Waals surface area contributed by atoms with Crippen molar-refractivity contribution < 1.29 is 4.79 Å². The lowest BCUT2D eigenvalue weighted by Crippen LogP contribution is -2.14. The van der Waals surface area contributed by atoms with Crippen molar-refractivity contribution in [1.29, 1.82) is 0 Å². The van der Waals surface area contributed by atoms with E-state index >= 15 is 0 Å². The molecular formula is C18H15ClN2O. The molecule has 0 spiro atoms. The van der Waals surface area contributed by atoms with E-state index in [9.17, 15) is 4.79 Å². The summed E-state index contributed by atoms with van der Waals surface area (Å²) in [6, 6.07) is 15.0. The van der Waals surface area contributed by atoms with Gasteiger partial charge in [0.15, 0.2) is 0 Å². The third-order valence-corrected chi connectivity index (χ3v) is 3.84. The van der Waals surface area contributed by atoms with Gasteiger partial charge in [0.1, 0.15) is 5.15 Å². The topological polar surface area (TPSA) is 42.0 Å². The number of carbonyl (C=O) groups excluding carboxylic acids is 1. The maximum atomic E-state index is 12.7. The molecule has 0 bridgehead atoms. The van der Waals surface area contributed by atoms with E-state index in [2.05, 4.69) is 10.3 Å². The normalized spacial score (nSPS) is 10.7. The molecular weight excluding hydrogens is 296 g/mol. The SMILES string of the molecule is Cc1cccc(C)c1NC(=O)c1cc(Cl)nc2ccccc12. The molecule has 0 unspecified atom stereocenters. The summed E-state index contributed by atoms with van der Waals surface area (Å²) in [5, 5.41) is 4.09. The average molecular weight is 311 g/mol. The first-order chi connectivity index (χ1) is 10.6. The van der Waals surface area contributed by atoms with Crippen LogP contribution in [0.3, 0.4) is 0 Å². The highest BCUT2D eigenvalue weighted by atomic mass is 35.5. The lowest BCUT2D eigenvalue weighted by molar-refractivity contribution is 0.102. The van der Waals surface area contributed by atoms with Crippen LogP contribution in [-0.4, -0.2) is 10.9 Å². The summed E-state index contributed by atoms with van der Waals surface area (Å²) >= 11 is 6.04. The van der Waals surface area contributed by atoms with Gasteiger partial charge in [-0.1, -0.05) is 48.0 Å². The number of para-hydroxylation sites is 2. The van der Waals surface area contributed by atoms with Crippen LogP contribution in [0, 0.1) is 13.8 Å². The number of aromatic nitrogens is 1. The zero-order chi connectivity index (χ0) is 15.7. The first kappa shape index (κ1) is 14.5. The molecule has 3 aromatic rings. The van der Waals surface area contributed by atoms with Crippen molar-refractivity contribution in [2.75, 3.05) is 5.32 Å². The molecule has 1 N–H and O–H groups in total. The maximum Gasteiger partial charge on any atom is 0.256 e. The van der Waals surface area contributed by atoms with E-state index in [1.807, 2.05) is 56.3 Å². The average Bonchev–Trinajstić information content (AvgIpc) is 2.50. The predicted molar refractivity (Wildman–Crippen MR) is 90.6 cm³/mol. The van der Waals surface area contributed by atoms with Crippen molar-refractivity contribution in [3.8, 4) is 0 Å². The fourth-order valence-corrected chi connectivity index (χ4v) is 2.72. The van der Waals surface area contributed by atoms with Crippen LogP contribution in [0.5, 0.6) is 0 Å². The highest BCUT2D eigenvalue weighted by molar-refractivity contribution is 6.30. The molecule has 0 aliphatic rings. The molecule has 4 heteroatoms. The fourth-order valence-electron chi connectivity index (χ4n) is 2.52. The lowest BCUT2D eigenvalue weighted by atomic mass is 10.1. The quantitative estimate of drug-likeness (QED) is 0.694. The number of hydrogen-bond donors (Lipinski definition) is 1.